The van der Waals surface area contributed by atoms with Gasteiger partial charge in [-0.25, -0.2) is 4.68 Å². The van der Waals surface area contributed by atoms with E-state index in [0.29, 0.717) is 5.69 Å². The van der Waals surface area contributed by atoms with E-state index in [-0.39, 0.29) is 11.3 Å². The van der Waals surface area contributed by atoms with Gasteiger partial charge in [-0.1, -0.05) is 18.6 Å². The minimum atomic E-state index is -0.371. The van der Waals surface area contributed by atoms with Gasteiger partial charge in [0, 0.05) is 7.05 Å². The zero-order chi connectivity index (χ0) is 11.6. The van der Waals surface area contributed by atoms with Crippen molar-refractivity contribution in [1.29, 1.82) is 0 Å². The van der Waals surface area contributed by atoms with E-state index in [1.54, 1.807) is 17.9 Å². The maximum absolute atomic E-state index is 12.5. The molecular weight excluding hydrogens is 204 g/mol. The Morgan fingerprint density at radius 1 is 1.69 bits per heavy atom. The fourth-order valence-corrected chi connectivity index (χ4v) is 2.49. The molecule has 1 unspecified atom stereocenters. The van der Waals surface area contributed by atoms with Gasteiger partial charge < -0.3 is 5.32 Å². The van der Waals surface area contributed by atoms with Gasteiger partial charge in [0.15, 0.2) is 0 Å². The highest BCUT2D eigenvalue weighted by Gasteiger charge is 2.41. The van der Waals surface area contributed by atoms with Gasteiger partial charge in [-0.2, -0.15) is 0 Å². The Morgan fingerprint density at radius 3 is 3.00 bits per heavy atom. The summed E-state index contributed by atoms with van der Waals surface area (Å²) in [5.41, 5.74) is 0.229. The van der Waals surface area contributed by atoms with Crippen molar-refractivity contribution in [1.82, 2.24) is 20.3 Å². The van der Waals surface area contributed by atoms with Crippen LogP contribution in [-0.4, -0.2) is 32.9 Å². The van der Waals surface area contributed by atoms with Crippen molar-refractivity contribution in [2.45, 2.75) is 38.1 Å². The summed E-state index contributed by atoms with van der Waals surface area (Å²) in [5, 5.41) is 11.0. The highest BCUT2D eigenvalue weighted by Crippen LogP contribution is 2.28. The first kappa shape index (κ1) is 11.3. The molecule has 2 rings (SSSR count). The topological polar surface area (TPSA) is 59.8 Å². The molecule has 1 aromatic rings. The predicted octanol–water partition coefficient (Wildman–Crippen LogP) is 0.920. The van der Waals surface area contributed by atoms with E-state index in [9.17, 15) is 4.79 Å². The first-order valence-corrected chi connectivity index (χ1v) is 5.84. The number of carbonyl (C=O) groups is 1. The fourth-order valence-electron chi connectivity index (χ4n) is 2.49. The van der Waals surface area contributed by atoms with E-state index < -0.39 is 0 Å². The second kappa shape index (κ2) is 4.33. The van der Waals surface area contributed by atoms with Crippen LogP contribution in [0, 0.1) is 0 Å². The van der Waals surface area contributed by atoms with Gasteiger partial charge in [0.1, 0.15) is 5.69 Å². The van der Waals surface area contributed by atoms with E-state index in [1.807, 2.05) is 0 Å². The zero-order valence-corrected chi connectivity index (χ0v) is 9.86. The first-order valence-electron chi connectivity index (χ1n) is 5.84. The average Bonchev–Trinajstić information content (AvgIpc) is 2.87. The van der Waals surface area contributed by atoms with Crippen LogP contribution in [0.3, 0.4) is 0 Å². The van der Waals surface area contributed by atoms with Gasteiger partial charge in [0.05, 0.1) is 11.7 Å². The Bertz CT molecular complexity index is 379. The molecule has 1 fully saturated rings. The van der Waals surface area contributed by atoms with Gasteiger partial charge in [0.2, 0.25) is 5.78 Å². The molecule has 0 bridgehead atoms. The predicted molar refractivity (Wildman–Crippen MR) is 60.2 cm³/mol. The van der Waals surface area contributed by atoms with Crippen LogP contribution in [-0.2, 0) is 7.05 Å². The highest BCUT2D eigenvalue weighted by molar-refractivity contribution is 6.01. The summed E-state index contributed by atoms with van der Waals surface area (Å²) in [7, 11) is 1.76. The van der Waals surface area contributed by atoms with E-state index in [2.05, 4.69) is 22.6 Å². The maximum Gasteiger partial charge on any atom is 0.202 e. The lowest BCUT2D eigenvalue weighted by molar-refractivity contribution is 0.0847. The summed E-state index contributed by atoms with van der Waals surface area (Å²) >= 11 is 0. The summed E-state index contributed by atoms with van der Waals surface area (Å²) in [4.78, 5) is 12.5. The van der Waals surface area contributed by atoms with Gasteiger partial charge in [0.25, 0.3) is 0 Å². The second-order valence-electron chi connectivity index (χ2n) is 4.43. The molecule has 2 heterocycles. The highest BCUT2D eigenvalue weighted by atomic mass is 16.1. The molecular formula is C11H18N4O. The molecule has 0 aliphatic carbocycles. The van der Waals surface area contributed by atoms with Crippen molar-refractivity contribution in [3.63, 3.8) is 0 Å². The summed E-state index contributed by atoms with van der Waals surface area (Å²) in [6, 6.07) is 0. The average molecular weight is 222 g/mol. The molecule has 5 heteroatoms. The Morgan fingerprint density at radius 2 is 2.50 bits per heavy atom. The number of aryl methyl sites for hydroxylation is 1. The smallest absolute Gasteiger partial charge is 0.202 e. The Hall–Kier alpha value is -1.23. The molecule has 0 saturated carbocycles. The molecule has 0 radical (unpaired) electrons. The van der Waals surface area contributed by atoms with Crippen molar-refractivity contribution in [3.8, 4) is 0 Å². The van der Waals surface area contributed by atoms with Crippen LogP contribution in [0.5, 0.6) is 0 Å². The molecule has 1 aliphatic rings. The van der Waals surface area contributed by atoms with E-state index in [1.165, 1.54) is 0 Å². The summed E-state index contributed by atoms with van der Waals surface area (Å²) in [5.74, 6) is 0.138. The minimum Gasteiger partial charge on any atom is -0.305 e. The maximum atomic E-state index is 12.5. The van der Waals surface area contributed by atoms with Crippen LogP contribution in [0.1, 0.15) is 43.1 Å². The summed E-state index contributed by atoms with van der Waals surface area (Å²) in [6.07, 6.45) is 5.43. The number of nitrogens with one attached hydrogen (secondary N) is 1. The first-order chi connectivity index (χ1) is 7.69. The number of hydrogen-bond acceptors (Lipinski definition) is 4. The van der Waals surface area contributed by atoms with E-state index in [4.69, 9.17) is 0 Å². The van der Waals surface area contributed by atoms with Gasteiger partial charge in [-0.05, 0) is 25.8 Å². The van der Waals surface area contributed by atoms with Crippen LogP contribution >= 0.6 is 0 Å². The van der Waals surface area contributed by atoms with Gasteiger partial charge >= 0.3 is 0 Å². The SMILES string of the molecule is CCCC1(C(=O)c2cnnn2C)CCCN1. The van der Waals surface area contributed by atoms with Crippen molar-refractivity contribution in [3.05, 3.63) is 11.9 Å². The molecule has 1 aromatic heterocycles. The number of hydrogen-bond donors (Lipinski definition) is 1. The number of ketones is 1. The Kier molecular flexibility index (Phi) is 3.05. The molecule has 5 nitrogen and oxygen atoms in total. The lowest BCUT2D eigenvalue weighted by atomic mass is 9.86. The molecule has 0 aromatic carbocycles. The quantitative estimate of drug-likeness (QED) is 0.770. The molecule has 1 atom stereocenters. The fraction of sp³-hybridized carbons (Fsp3) is 0.727. The third kappa shape index (κ3) is 1.75. The van der Waals surface area contributed by atoms with Crippen LogP contribution in [0.4, 0.5) is 0 Å². The number of carbonyl (C=O) groups excluding carboxylic acids is 1. The monoisotopic (exact) mass is 222 g/mol. The van der Waals surface area contributed by atoms with Gasteiger partial charge in [-0.3, -0.25) is 4.79 Å². The molecule has 1 N–H and O–H groups in total. The zero-order valence-electron chi connectivity index (χ0n) is 9.86. The molecule has 1 saturated heterocycles. The molecule has 1 aliphatic heterocycles. The third-order valence-corrected chi connectivity index (χ3v) is 3.30. The molecule has 0 spiro atoms. The van der Waals surface area contributed by atoms with Crippen LogP contribution in [0.2, 0.25) is 0 Å². The number of nitrogens with zero attached hydrogens (tertiary/aromatic N) is 3. The second-order valence-corrected chi connectivity index (χ2v) is 4.43. The minimum absolute atomic E-state index is 0.138. The van der Waals surface area contributed by atoms with Crippen molar-refractivity contribution in [2.24, 2.45) is 7.05 Å². The standard InChI is InChI=1S/C11H18N4O/c1-3-5-11(6-4-7-12-11)10(16)9-8-13-14-15(9)2/h8,12H,3-7H2,1-2H3. The lowest BCUT2D eigenvalue weighted by Gasteiger charge is -2.27. The van der Waals surface area contributed by atoms with Gasteiger partial charge in [-0.15, -0.1) is 5.10 Å². The van der Waals surface area contributed by atoms with Crippen molar-refractivity contribution < 1.29 is 4.79 Å². The van der Waals surface area contributed by atoms with Crippen LogP contribution in [0.15, 0.2) is 6.20 Å². The van der Waals surface area contributed by atoms with E-state index >= 15 is 0 Å². The third-order valence-electron chi connectivity index (χ3n) is 3.30. The number of aromatic nitrogens is 3. The Balaban J connectivity index is 2.27. The lowest BCUT2D eigenvalue weighted by Crippen LogP contribution is -2.48. The largest absolute Gasteiger partial charge is 0.305 e. The van der Waals surface area contributed by atoms with Crippen molar-refractivity contribution in [2.75, 3.05) is 6.54 Å². The molecule has 88 valence electrons. The number of Topliss-reactive ketones (excluding diaryl/α,β-unsaturated/α-hetero) is 1. The number of rotatable bonds is 4. The summed E-state index contributed by atoms with van der Waals surface area (Å²) < 4.78 is 1.56. The summed E-state index contributed by atoms with van der Waals surface area (Å²) in [6.45, 7) is 3.04. The van der Waals surface area contributed by atoms with Crippen LogP contribution in [0.25, 0.3) is 0 Å². The Labute approximate surface area is 95.2 Å². The normalized spacial score (nSPS) is 24.9. The molecule has 0 amide bonds. The van der Waals surface area contributed by atoms with Crippen LogP contribution < -0.4 is 5.32 Å². The molecule has 16 heavy (non-hydrogen) atoms. The van der Waals surface area contributed by atoms with E-state index in [0.717, 1.165) is 32.2 Å². The van der Waals surface area contributed by atoms with Crippen molar-refractivity contribution >= 4 is 5.78 Å².